The van der Waals surface area contributed by atoms with Crippen LogP contribution in [0.15, 0.2) is 30.3 Å². The number of aliphatic hydroxyl groups excluding tert-OH is 1. The van der Waals surface area contributed by atoms with Gasteiger partial charge in [-0.1, -0.05) is 44.2 Å². The van der Waals surface area contributed by atoms with Gasteiger partial charge in [-0.2, -0.15) is 0 Å². The average molecular weight is 288 g/mol. The van der Waals surface area contributed by atoms with Gasteiger partial charge in [0.25, 0.3) is 0 Å². The zero-order chi connectivity index (χ0) is 15.1. The van der Waals surface area contributed by atoms with Crippen LogP contribution in [0.5, 0.6) is 0 Å². The maximum atomic E-state index is 10.9. The number of hydrogen-bond acceptors (Lipinski definition) is 2. The van der Waals surface area contributed by atoms with Crippen molar-refractivity contribution in [2.75, 3.05) is 7.11 Å². The summed E-state index contributed by atoms with van der Waals surface area (Å²) >= 11 is 0. The molecular weight excluding hydrogens is 260 g/mol. The van der Waals surface area contributed by atoms with E-state index in [0.29, 0.717) is 17.3 Å². The van der Waals surface area contributed by atoms with Gasteiger partial charge in [0.1, 0.15) is 0 Å². The second-order valence-corrected chi connectivity index (χ2v) is 7.79. The van der Waals surface area contributed by atoms with Gasteiger partial charge in [-0.05, 0) is 54.9 Å². The Labute approximate surface area is 128 Å². The number of methoxy groups -OCH3 is 1. The molecule has 1 N–H and O–H groups in total. The SMILES string of the molecule is COC1(C(O)C2CC2c2ccccc2)CCC(C)(C)CC1. The predicted octanol–water partition coefficient (Wildman–Crippen LogP) is 4.14. The number of hydrogen-bond donors (Lipinski definition) is 1. The molecule has 0 aliphatic heterocycles. The van der Waals surface area contributed by atoms with E-state index in [1.165, 1.54) is 5.56 Å². The Morgan fingerprint density at radius 3 is 2.29 bits per heavy atom. The van der Waals surface area contributed by atoms with Crippen molar-refractivity contribution in [3.8, 4) is 0 Å². The first-order valence-electron chi connectivity index (χ1n) is 8.26. The summed E-state index contributed by atoms with van der Waals surface area (Å²) in [5, 5.41) is 10.9. The van der Waals surface area contributed by atoms with Gasteiger partial charge in [-0.3, -0.25) is 0 Å². The number of aliphatic hydroxyl groups is 1. The van der Waals surface area contributed by atoms with E-state index in [-0.39, 0.29) is 11.7 Å². The Balaban J connectivity index is 1.69. The molecule has 2 saturated carbocycles. The van der Waals surface area contributed by atoms with Gasteiger partial charge in [0.15, 0.2) is 0 Å². The lowest BCUT2D eigenvalue weighted by Gasteiger charge is -2.45. The summed E-state index contributed by atoms with van der Waals surface area (Å²) in [6.45, 7) is 4.64. The maximum Gasteiger partial charge on any atom is 0.0939 e. The highest BCUT2D eigenvalue weighted by Crippen LogP contribution is 2.55. The van der Waals surface area contributed by atoms with E-state index in [2.05, 4.69) is 44.2 Å². The first-order chi connectivity index (χ1) is 9.97. The molecule has 0 heterocycles. The van der Waals surface area contributed by atoms with Crippen molar-refractivity contribution in [1.29, 1.82) is 0 Å². The molecule has 1 aromatic carbocycles. The van der Waals surface area contributed by atoms with Crippen molar-refractivity contribution in [3.63, 3.8) is 0 Å². The van der Waals surface area contributed by atoms with Crippen LogP contribution in [0.2, 0.25) is 0 Å². The Kier molecular flexibility index (Phi) is 3.87. The molecule has 1 aromatic rings. The van der Waals surface area contributed by atoms with Crippen LogP contribution in [0.1, 0.15) is 57.4 Å². The highest BCUT2D eigenvalue weighted by Gasteiger charge is 2.53. The van der Waals surface area contributed by atoms with E-state index in [4.69, 9.17) is 4.74 Å². The van der Waals surface area contributed by atoms with Crippen LogP contribution >= 0.6 is 0 Å². The van der Waals surface area contributed by atoms with Gasteiger partial charge in [0.2, 0.25) is 0 Å². The molecule has 2 nitrogen and oxygen atoms in total. The molecule has 2 aliphatic carbocycles. The molecule has 21 heavy (non-hydrogen) atoms. The minimum absolute atomic E-state index is 0.316. The molecule has 0 spiro atoms. The van der Waals surface area contributed by atoms with Crippen LogP contribution in [0.25, 0.3) is 0 Å². The molecule has 2 aliphatic rings. The van der Waals surface area contributed by atoms with Gasteiger partial charge >= 0.3 is 0 Å². The van der Waals surface area contributed by atoms with E-state index >= 15 is 0 Å². The van der Waals surface area contributed by atoms with Gasteiger partial charge in [0.05, 0.1) is 11.7 Å². The third-order valence-electron chi connectivity index (χ3n) is 5.87. The van der Waals surface area contributed by atoms with Crippen molar-refractivity contribution in [3.05, 3.63) is 35.9 Å². The van der Waals surface area contributed by atoms with Gasteiger partial charge in [0, 0.05) is 7.11 Å². The molecule has 2 heteroatoms. The molecule has 0 radical (unpaired) electrons. The van der Waals surface area contributed by atoms with E-state index in [9.17, 15) is 5.11 Å². The van der Waals surface area contributed by atoms with E-state index in [1.807, 2.05) is 0 Å². The van der Waals surface area contributed by atoms with Crippen LogP contribution in [0, 0.1) is 11.3 Å². The van der Waals surface area contributed by atoms with E-state index in [0.717, 1.165) is 32.1 Å². The summed E-state index contributed by atoms with van der Waals surface area (Å²) in [6.07, 6.45) is 5.01. The fraction of sp³-hybridized carbons (Fsp3) is 0.684. The summed E-state index contributed by atoms with van der Waals surface area (Å²) in [6, 6.07) is 10.6. The number of rotatable bonds is 4. The van der Waals surface area contributed by atoms with Crippen molar-refractivity contribution >= 4 is 0 Å². The monoisotopic (exact) mass is 288 g/mol. The topological polar surface area (TPSA) is 29.5 Å². The Bertz CT molecular complexity index is 470. The normalized spacial score (nSPS) is 31.6. The van der Waals surface area contributed by atoms with Crippen molar-refractivity contribution in [2.45, 2.75) is 63.6 Å². The van der Waals surface area contributed by atoms with Crippen molar-refractivity contribution < 1.29 is 9.84 Å². The molecule has 2 fully saturated rings. The van der Waals surface area contributed by atoms with Gasteiger partial charge in [-0.25, -0.2) is 0 Å². The largest absolute Gasteiger partial charge is 0.390 e. The molecule has 3 unspecified atom stereocenters. The quantitative estimate of drug-likeness (QED) is 0.902. The van der Waals surface area contributed by atoms with Crippen LogP contribution < -0.4 is 0 Å². The second-order valence-electron chi connectivity index (χ2n) is 7.79. The van der Waals surface area contributed by atoms with Gasteiger partial charge < -0.3 is 9.84 Å². The van der Waals surface area contributed by atoms with Crippen molar-refractivity contribution in [2.24, 2.45) is 11.3 Å². The van der Waals surface area contributed by atoms with Crippen LogP contribution in [-0.4, -0.2) is 23.9 Å². The molecule has 0 bridgehead atoms. The lowest BCUT2D eigenvalue weighted by atomic mass is 9.68. The summed E-state index contributed by atoms with van der Waals surface area (Å²) < 4.78 is 5.87. The van der Waals surface area contributed by atoms with E-state index < -0.39 is 0 Å². The zero-order valence-electron chi connectivity index (χ0n) is 13.5. The first-order valence-corrected chi connectivity index (χ1v) is 8.26. The van der Waals surface area contributed by atoms with Crippen molar-refractivity contribution in [1.82, 2.24) is 0 Å². The highest BCUT2D eigenvalue weighted by molar-refractivity contribution is 5.27. The van der Waals surface area contributed by atoms with E-state index in [1.54, 1.807) is 7.11 Å². The predicted molar refractivity (Wildman–Crippen MR) is 85.3 cm³/mol. The summed E-state index contributed by atoms with van der Waals surface area (Å²) in [4.78, 5) is 0. The number of ether oxygens (including phenoxy) is 1. The molecule has 0 amide bonds. The average Bonchev–Trinajstić information content (AvgIpc) is 3.29. The summed E-state index contributed by atoms with van der Waals surface area (Å²) in [7, 11) is 1.78. The maximum absolute atomic E-state index is 10.9. The molecule has 3 rings (SSSR count). The minimum Gasteiger partial charge on any atom is -0.390 e. The smallest absolute Gasteiger partial charge is 0.0939 e. The lowest BCUT2D eigenvalue weighted by molar-refractivity contribution is -0.143. The molecule has 0 saturated heterocycles. The first kappa shape index (κ1) is 15.1. The third kappa shape index (κ3) is 2.89. The second kappa shape index (κ2) is 5.40. The Hall–Kier alpha value is -0.860. The minimum atomic E-state index is -0.330. The molecule has 0 aromatic heterocycles. The Morgan fingerprint density at radius 1 is 1.10 bits per heavy atom. The highest BCUT2D eigenvalue weighted by atomic mass is 16.5. The molecule has 116 valence electrons. The fourth-order valence-electron chi connectivity index (χ4n) is 4.01. The third-order valence-corrected chi connectivity index (χ3v) is 5.87. The van der Waals surface area contributed by atoms with Crippen LogP contribution in [0.4, 0.5) is 0 Å². The summed E-state index contributed by atoms with van der Waals surface area (Å²) in [5.41, 5.74) is 1.44. The standard InChI is InChI=1S/C19H28O2/c1-18(2)9-11-19(21-3,12-10-18)17(20)16-13-15(16)14-7-5-4-6-8-14/h4-8,15-17,20H,9-13H2,1-3H3. The van der Waals surface area contributed by atoms with Gasteiger partial charge in [-0.15, -0.1) is 0 Å². The van der Waals surface area contributed by atoms with Crippen LogP contribution in [0.3, 0.4) is 0 Å². The fourth-order valence-corrected chi connectivity index (χ4v) is 4.01. The number of benzene rings is 1. The van der Waals surface area contributed by atoms with Crippen LogP contribution in [-0.2, 0) is 4.74 Å². The summed E-state index contributed by atoms with van der Waals surface area (Å²) in [5.74, 6) is 0.886. The lowest BCUT2D eigenvalue weighted by Crippen LogP contribution is -2.49. The zero-order valence-corrected chi connectivity index (χ0v) is 13.5. The molecule has 3 atom stereocenters. The Morgan fingerprint density at radius 2 is 1.71 bits per heavy atom. The molecular formula is C19H28O2.